The summed E-state index contributed by atoms with van der Waals surface area (Å²) in [6.45, 7) is 6.05. The van der Waals surface area contributed by atoms with Crippen LogP contribution in [0.1, 0.15) is 38.1 Å². The molecular weight excluding hydrogens is 242 g/mol. The molecule has 1 unspecified atom stereocenters. The van der Waals surface area contributed by atoms with Crippen LogP contribution in [-0.4, -0.2) is 10.1 Å². The Morgan fingerprint density at radius 3 is 2.84 bits per heavy atom. The molecule has 0 aromatic carbocycles. The average Bonchev–Trinajstić information content (AvgIpc) is 2.98. The quantitative estimate of drug-likeness (QED) is 0.821. The van der Waals surface area contributed by atoms with Crippen LogP contribution in [0.25, 0.3) is 11.6 Å². The van der Waals surface area contributed by atoms with Gasteiger partial charge in [-0.15, -0.1) is 0 Å². The van der Waals surface area contributed by atoms with Gasteiger partial charge in [0.1, 0.15) is 0 Å². The lowest BCUT2D eigenvalue weighted by molar-refractivity contribution is 0.266. The summed E-state index contributed by atoms with van der Waals surface area (Å²) in [4.78, 5) is 4.35. The largest absolute Gasteiger partial charge is 0.461 e. The number of nitrogens with zero attached hydrogens (tertiary/aromatic N) is 3. The lowest BCUT2D eigenvalue weighted by Crippen LogP contribution is -2.18. The Morgan fingerprint density at radius 1 is 1.47 bits per heavy atom. The second-order valence-corrected chi connectivity index (χ2v) is 5.12. The molecule has 2 aromatic heterocycles. The fraction of sp³-hybridized carbons (Fsp3) is 0.500. The molecule has 0 aliphatic heterocycles. The van der Waals surface area contributed by atoms with Gasteiger partial charge >= 0.3 is 0 Å². The second-order valence-electron chi connectivity index (χ2n) is 5.12. The molecule has 0 saturated carbocycles. The highest BCUT2D eigenvalue weighted by atomic mass is 16.5. The van der Waals surface area contributed by atoms with E-state index in [1.165, 1.54) is 0 Å². The van der Waals surface area contributed by atoms with E-state index in [1.807, 2.05) is 13.0 Å². The van der Waals surface area contributed by atoms with Crippen molar-refractivity contribution in [1.82, 2.24) is 10.1 Å². The van der Waals surface area contributed by atoms with Crippen molar-refractivity contribution in [1.29, 1.82) is 5.26 Å². The van der Waals surface area contributed by atoms with Gasteiger partial charge in [-0.05, 0) is 30.4 Å². The van der Waals surface area contributed by atoms with Gasteiger partial charge < -0.3 is 8.94 Å². The smallest absolute Gasteiger partial charge is 0.238 e. The first-order valence-electron chi connectivity index (χ1n) is 6.32. The van der Waals surface area contributed by atoms with Crippen LogP contribution in [0.4, 0.5) is 0 Å². The third-order valence-electron chi connectivity index (χ3n) is 3.47. The fourth-order valence-corrected chi connectivity index (χ4v) is 1.89. The molecule has 1 atom stereocenters. The Bertz CT molecular complexity index is 594. The molecule has 100 valence electrons. The van der Waals surface area contributed by atoms with Crippen molar-refractivity contribution in [3.63, 3.8) is 0 Å². The number of hydrogen-bond donors (Lipinski definition) is 0. The molecule has 0 fully saturated rings. The number of hydrogen-bond acceptors (Lipinski definition) is 5. The van der Waals surface area contributed by atoms with Gasteiger partial charge in [0, 0.05) is 12.8 Å². The molecule has 2 heterocycles. The summed E-state index contributed by atoms with van der Waals surface area (Å²) in [5.41, 5.74) is 0.846. The van der Waals surface area contributed by atoms with E-state index < -0.39 is 0 Å². The zero-order valence-corrected chi connectivity index (χ0v) is 11.4. The van der Waals surface area contributed by atoms with Crippen molar-refractivity contribution in [2.75, 3.05) is 0 Å². The van der Waals surface area contributed by atoms with Crippen LogP contribution in [0.15, 0.2) is 21.3 Å². The third kappa shape index (κ3) is 2.84. The van der Waals surface area contributed by atoms with E-state index in [4.69, 9.17) is 14.2 Å². The Labute approximate surface area is 112 Å². The monoisotopic (exact) mass is 259 g/mol. The maximum atomic E-state index is 8.87. The number of aromatic nitrogens is 2. The molecule has 0 N–H and O–H groups in total. The summed E-state index contributed by atoms with van der Waals surface area (Å²) in [6, 6.07) is 4.07. The molecule has 0 saturated heterocycles. The Balaban J connectivity index is 2.18. The lowest BCUT2D eigenvalue weighted by Gasteiger charge is -2.22. The first-order valence-corrected chi connectivity index (χ1v) is 6.32. The van der Waals surface area contributed by atoms with E-state index >= 15 is 0 Å². The lowest BCUT2D eigenvalue weighted by atomic mass is 9.81. The second kappa shape index (κ2) is 5.27. The van der Waals surface area contributed by atoms with Gasteiger partial charge in [0.15, 0.2) is 5.76 Å². The van der Waals surface area contributed by atoms with Gasteiger partial charge in [0.2, 0.25) is 11.7 Å². The molecule has 0 radical (unpaired) electrons. The summed E-state index contributed by atoms with van der Waals surface area (Å²) < 4.78 is 10.6. The van der Waals surface area contributed by atoms with Crippen molar-refractivity contribution in [3.05, 3.63) is 23.8 Å². The summed E-state index contributed by atoms with van der Waals surface area (Å²) >= 11 is 0. The maximum absolute atomic E-state index is 8.87. The molecule has 5 heteroatoms. The van der Waals surface area contributed by atoms with Crippen LogP contribution in [0.3, 0.4) is 0 Å². The van der Waals surface area contributed by atoms with Gasteiger partial charge in [0.25, 0.3) is 0 Å². The number of rotatable bonds is 5. The van der Waals surface area contributed by atoms with E-state index in [0.29, 0.717) is 30.3 Å². The van der Waals surface area contributed by atoms with E-state index in [0.717, 1.165) is 12.0 Å². The molecule has 5 nitrogen and oxygen atoms in total. The number of nitriles is 1. The predicted octanol–water partition coefficient (Wildman–Crippen LogP) is 3.51. The SMILES string of the molecule is CCC(C)(CC#N)Cc1nc(-c2occc2C)no1. The van der Waals surface area contributed by atoms with Crippen molar-refractivity contribution in [2.45, 2.75) is 40.0 Å². The normalized spacial score (nSPS) is 14.0. The van der Waals surface area contributed by atoms with Crippen LogP contribution in [0, 0.1) is 23.7 Å². The van der Waals surface area contributed by atoms with Crippen LogP contribution >= 0.6 is 0 Å². The number of furan rings is 1. The van der Waals surface area contributed by atoms with Crippen LogP contribution in [0.2, 0.25) is 0 Å². The van der Waals surface area contributed by atoms with Gasteiger partial charge in [-0.25, -0.2) is 0 Å². The highest BCUT2D eigenvalue weighted by Gasteiger charge is 2.26. The van der Waals surface area contributed by atoms with Crippen LogP contribution in [0.5, 0.6) is 0 Å². The minimum atomic E-state index is -0.128. The zero-order chi connectivity index (χ0) is 13.9. The predicted molar refractivity (Wildman–Crippen MR) is 69.1 cm³/mol. The standard InChI is InChI=1S/C14H17N3O2/c1-4-14(3,6-7-15)9-11-16-13(17-19-11)12-10(2)5-8-18-12/h5,8H,4,6,9H2,1-3H3. The van der Waals surface area contributed by atoms with Crippen molar-refractivity contribution in [3.8, 4) is 17.7 Å². The van der Waals surface area contributed by atoms with Crippen LogP contribution in [-0.2, 0) is 6.42 Å². The number of aryl methyl sites for hydroxylation is 1. The summed E-state index contributed by atoms with van der Waals surface area (Å²) in [6.07, 6.45) is 3.56. The molecule has 0 amide bonds. The van der Waals surface area contributed by atoms with Crippen LogP contribution < -0.4 is 0 Å². The Morgan fingerprint density at radius 2 is 2.26 bits per heavy atom. The molecular formula is C14H17N3O2. The van der Waals surface area contributed by atoms with Gasteiger partial charge in [-0.3, -0.25) is 0 Å². The van der Waals surface area contributed by atoms with E-state index in [-0.39, 0.29) is 5.41 Å². The third-order valence-corrected chi connectivity index (χ3v) is 3.47. The maximum Gasteiger partial charge on any atom is 0.238 e. The molecule has 0 spiro atoms. The molecule has 0 bridgehead atoms. The van der Waals surface area contributed by atoms with Crippen molar-refractivity contribution in [2.24, 2.45) is 5.41 Å². The fourth-order valence-electron chi connectivity index (χ4n) is 1.89. The minimum Gasteiger partial charge on any atom is -0.461 e. The summed E-state index contributed by atoms with van der Waals surface area (Å²) in [5, 5.41) is 12.8. The molecule has 2 aromatic rings. The first kappa shape index (κ1) is 13.3. The zero-order valence-electron chi connectivity index (χ0n) is 11.4. The average molecular weight is 259 g/mol. The summed E-state index contributed by atoms with van der Waals surface area (Å²) in [7, 11) is 0. The van der Waals surface area contributed by atoms with Gasteiger partial charge in [0.05, 0.1) is 12.3 Å². The van der Waals surface area contributed by atoms with E-state index in [2.05, 4.69) is 30.1 Å². The highest BCUT2D eigenvalue weighted by Crippen LogP contribution is 2.30. The molecule has 19 heavy (non-hydrogen) atoms. The van der Waals surface area contributed by atoms with Crippen molar-refractivity contribution >= 4 is 0 Å². The van der Waals surface area contributed by atoms with Gasteiger partial charge in [-0.1, -0.05) is 19.0 Å². The van der Waals surface area contributed by atoms with Crippen molar-refractivity contribution < 1.29 is 8.94 Å². The Hall–Kier alpha value is -2.09. The molecule has 2 rings (SSSR count). The van der Waals surface area contributed by atoms with E-state index in [9.17, 15) is 0 Å². The molecule has 0 aliphatic carbocycles. The molecule has 0 aliphatic rings. The highest BCUT2D eigenvalue weighted by molar-refractivity contribution is 5.50. The van der Waals surface area contributed by atoms with E-state index in [1.54, 1.807) is 6.26 Å². The minimum absolute atomic E-state index is 0.128. The van der Waals surface area contributed by atoms with Gasteiger partial charge in [-0.2, -0.15) is 10.2 Å². The topological polar surface area (TPSA) is 75.8 Å². The Kier molecular flexibility index (Phi) is 3.70. The first-order chi connectivity index (χ1) is 9.08. The summed E-state index contributed by atoms with van der Waals surface area (Å²) in [5.74, 6) is 1.65.